The number of carbonyl (C=O) groups excluding carboxylic acids is 1. The predicted molar refractivity (Wildman–Crippen MR) is 71.1 cm³/mol. The molecular formula is C14H19NO4. The molecule has 0 aromatic heterocycles. The Morgan fingerprint density at radius 3 is 2.37 bits per heavy atom. The average Bonchev–Trinajstić information content (AvgIpc) is 2.40. The predicted octanol–water partition coefficient (Wildman–Crippen LogP) is 2.01. The van der Waals surface area contributed by atoms with Crippen LogP contribution in [0.1, 0.15) is 37.0 Å². The van der Waals surface area contributed by atoms with E-state index in [2.05, 4.69) is 5.32 Å². The maximum absolute atomic E-state index is 11.9. The minimum absolute atomic E-state index is 0.00290. The van der Waals surface area contributed by atoms with E-state index in [4.69, 9.17) is 0 Å². The highest BCUT2D eigenvalue weighted by Crippen LogP contribution is 2.25. The molecule has 19 heavy (non-hydrogen) atoms. The molecule has 5 nitrogen and oxygen atoms in total. The van der Waals surface area contributed by atoms with E-state index in [0.717, 1.165) is 0 Å². The fourth-order valence-corrected chi connectivity index (χ4v) is 1.88. The first kappa shape index (κ1) is 15.0. The monoisotopic (exact) mass is 265 g/mol. The van der Waals surface area contributed by atoms with E-state index >= 15 is 0 Å². The van der Waals surface area contributed by atoms with Crippen molar-refractivity contribution < 1.29 is 19.8 Å². The molecule has 0 heterocycles. The molecule has 0 saturated carbocycles. The van der Waals surface area contributed by atoms with Gasteiger partial charge in [-0.1, -0.05) is 19.9 Å². The summed E-state index contributed by atoms with van der Waals surface area (Å²) < 4.78 is 0. The summed E-state index contributed by atoms with van der Waals surface area (Å²) in [5.74, 6) is -1.29. The van der Waals surface area contributed by atoms with E-state index in [0.29, 0.717) is 18.4 Å². The summed E-state index contributed by atoms with van der Waals surface area (Å²) in [6.07, 6.45) is 0.887. The Labute approximate surface area is 112 Å². The maximum Gasteiger partial charge on any atom is 0.311 e. The molecule has 0 bridgehead atoms. The zero-order chi connectivity index (χ0) is 14.5. The number of phenols is 1. The summed E-state index contributed by atoms with van der Waals surface area (Å²) in [4.78, 5) is 23.2. The van der Waals surface area contributed by atoms with Gasteiger partial charge in [-0.2, -0.15) is 0 Å². The van der Waals surface area contributed by atoms with E-state index in [1.54, 1.807) is 26.0 Å². The van der Waals surface area contributed by atoms with Crippen LogP contribution in [-0.4, -0.2) is 28.6 Å². The van der Waals surface area contributed by atoms with Crippen LogP contribution in [-0.2, 0) is 4.79 Å². The van der Waals surface area contributed by atoms with Crippen LogP contribution in [0.4, 0.5) is 0 Å². The van der Waals surface area contributed by atoms with Crippen LogP contribution in [0, 0.1) is 5.41 Å². The molecule has 1 amide bonds. The number of carboxylic acids is 1. The molecule has 5 heteroatoms. The Balaban J connectivity index is 2.75. The minimum Gasteiger partial charge on any atom is -0.508 e. The highest BCUT2D eigenvalue weighted by atomic mass is 16.4. The van der Waals surface area contributed by atoms with Gasteiger partial charge in [-0.25, -0.2) is 0 Å². The van der Waals surface area contributed by atoms with Crippen molar-refractivity contribution in [3.63, 3.8) is 0 Å². The van der Waals surface area contributed by atoms with Crippen molar-refractivity contribution >= 4 is 11.9 Å². The van der Waals surface area contributed by atoms with E-state index in [-0.39, 0.29) is 18.2 Å². The van der Waals surface area contributed by atoms with Crippen molar-refractivity contribution in [3.8, 4) is 5.75 Å². The molecule has 0 atom stereocenters. The van der Waals surface area contributed by atoms with Gasteiger partial charge in [-0.05, 0) is 31.0 Å². The zero-order valence-corrected chi connectivity index (χ0v) is 11.1. The number of aliphatic carboxylic acids is 1. The summed E-state index contributed by atoms with van der Waals surface area (Å²) >= 11 is 0. The van der Waals surface area contributed by atoms with Crippen LogP contribution in [0.15, 0.2) is 24.3 Å². The van der Waals surface area contributed by atoms with Crippen molar-refractivity contribution in [1.29, 1.82) is 0 Å². The van der Waals surface area contributed by atoms with Gasteiger partial charge in [-0.3, -0.25) is 9.59 Å². The average molecular weight is 265 g/mol. The summed E-state index contributed by atoms with van der Waals surface area (Å²) in [5, 5.41) is 21.2. The number of hydrogen-bond donors (Lipinski definition) is 3. The van der Waals surface area contributed by atoms with Gasteiger partial charge in [0.05, 0.1) is 5.41 Å². The zero-order valence-electron chi connectivity index (χ0n) is 11.1. The van der Waals surface area contributed by atoms with Gasteiger partial charge < -0.3 is 15.5 Å². The summed E-state index contributed by atoms with van der Waals surface area (Å²) in [5.41, 5.74) is -0.626. The summed E-state index contributed by atoms with van der Waals surface area (Å²) in [6, 6.07) is 5.94. The topological polar surface area (TPSA) is 86.6 Å². The lowest BCUT2D eigenvalue weighted by molar-refractivity contribution is -0.149. The van der Waals surface area contributed by atoms with Crippen molar-refractivity contribution in [3.05, 3.63) is 29.8 Å². The second kappa shape index (κ2) is 6.22. The molecule has 0 radical (unpaired) electrons. The van der Waals surface area contributed by atoms with Crippen LogP contribution >= 0.6 is 0 Å². The number of aromatic hydroxyl groups is 1. The molecule has 0 saturated heterocycles. The van der Waals surface area contributed by atoms with Gasteiger partial charge in [-0.15, -0.1) is 0 Å². The maximum atomic E-state index is 11.9. The molecule has 3 N–H and O–H groups in total. The van der Waals surface area contributed by atoms with Gasteiger partial charge in [0.25, 0.3) is 5.91 Å². The highest BCUT2D eigenvalue weighted by molar-refractivity contribution is 5.94. The molecule has 0 aliphatic rings. The normalized spacial score (nSPS) is 11.1. The number of rotatable bonds is 6. The first-order chi connectivity index (χ1) is 8.95. The van der Waals surface area contributed by atoms with Gasteiger partial charge in [0.1, 0.15) is 5.75 Å². The highest BCUT2D eigenvalue weighted by Gasteiger charge is 2.35. The molecule has 0 aliphatic heterocycles. The first-order valence-corrected chi connectivity index (χ1v) is 6.26. The second-order valence-corrected chi connectivity index (χ2v) is 4.53. The Bertz CT molecular complexity index is 466. The molecule has 0 unspecified atom stereocenters. The van der Waals surface area contributed by atoms with Crippen LogP contribution < -0.4 is 5.32 Å². The second-order valence-electron chi connectivity index (χ2n) is 4.53. The number of nitrogens with one attached hydrogen (secondary N) is 1. The van der Waals surface area contributed by atoms with Crippen molar-refractivity contribution in [2.75, 3.05) is 6.54 Å². The van der Waals surface area contributed by atoms with Crippen molar-refractivity contribution in [2.45, 2.75) is 26.7 Å². The van der Waals surface area contributed by atoms with Crippen molar-refractivity contribution in [2.24, 2.45) is 5.41 Å². The molecule has 0 fully saturated rings. The number of carboxylic acid groups (broad SMARTS) is 1. The van der Waals surface area contributed by atoms with Gasteiger partial charge in [0.2, 0.25) is 0 Å². The first-order valence-electron chi connectivity index (χ1n) is 6.26. The van der Waals surface area contributed by atoms with Gasteiger partial charge in [0.15, 0.2) is 0 Å². The number of phenolic OH excluding ortho intramolecular Hbond substituents is 1. The molecule has 0 spiro atoms. The lowest BCUT2D eigenvalue weighted by Crippen LogP contribution is -2.42. The van der Waals surface area contributed by atoms with Gasteiger partial charge in [0, 0.05) is 12.1 Å². The Morgan fingerprint density at radius 2 is 1.89 bits per heavy atom. The standard InChI is InChI=1S/C14H19NO4/c1-3-14(4-2,13(18)19)9-15-12(17)10-6-5-7-11(16)8-10/h5-8,16H,3-4,9H2,1-2H3,(H,15,17)(H,18,19). The molecule has 0 aliphatic carbocycles. The van der Waals surface area contributed by atoms with Crippen LogP contribution in [0.2, 0.25) is 0 Å². The molecule has 1 aromatic carbocycles. The third kappa shape index (κ3) is 3.47. The Morgan fingerprint density at radius 1 is 1.26 bits per heavy atom. The molecule has 104 valence electrons. The van der Waals surface area contributed by atoms with E-state index in [1.165, 1.54) is 12.1 Å². The van der Waals surface area contributed by atoms with E-state index < -0.39 is 11.4 Å². The molecule has 1 rings (SSSR count). The van der Waals surface area contributed by atoms with E-state index in [1.807, 2.05) is 0 Å². The number of carbonyl (C=O) groups is 2. The van der Waals surface area contributed by atoms with Crippen molar-refractivity contribution in [1.82, 2.24) is 5.32 Å². The Hall–Kier alpha value is -2.04. The summed E-state index contributed by atoms with van der Waals surface area (Å²) in [7, 11) is 0. The van der Waals surface area contributed by atoms with Crippen LogP contribution in [0.5, 0.6) is 5.75 Å². The number of benzene rings is 1. The van der Waals surface area contributed by atoms with Gasteiger partial charge >= 0.3 is 5.97 Å². The van der Waals surface area contributed by atoms with Crippen LogP contribution in [0.3, 0.4) is 0 Å². The largest absolute Gasteiger partial charge is 0.508 e. The van der Waals surface area contributed by atoms with E-state index in [9.17, 15) is 19.8 Å². The smallest absolute Gasteiger partial charge is 0.311 e. The minimum atomic E-state index is -0.938. The fourth-order valence-electron chi connectivity index (χ4n) is 1.88. The number of amides is 1. The summed E-state index contributed by atoms with van der Waals surface area (Å²) in [6.45, 7) is 3.65. The molecular weight excluding hydrogens is 246 g/mol. The third-order valence-electron chi connectivity index (χ3n) is 3.50. The third-order valence-corrected chi connectivity index (χ3v) is 3.50. The quantitative estimate of drug-likeness (QED) is 0.734. The Kier molecular flexibility index (Phi) is 4.92. The SMILES string of the molecule is CCC(CC)(CNC(=O)c1cccc(O)c1)C(=O)O. The fraction of sp³-hybridized carbons (Fsp3) is 0.429. The lowest BCUT2D eigenvalue weighted by Gasteiger charge is -2.26. The molecule has 1 aromatic rings. The van der Waals surface area contributed by atoms with Crippen LogP contribution in [0.25, 0.3) is 0 Å². The lowest BCUT2D eigenvalue weighted by atomic mass is 9.82. The number of hydrogen-bond acceptors (Lipinski definition) is 3.